The van der Waals surface area contributed by atoms with Gasteiger partial charge in [-0.05, 0) is 12.8 Å². The molecule has 1 fully saturated rings. The van der Waals surface area contributed by atoms with Crippen LogP contribution < -0.4 is 0 Å². The standard InChI is InChI=1S/C16H24N4O4/c1-18(8-4-5-14(22)23)16(24)12-6-7-13(21)20(3)15(12)11-9-17-19(2)10-11/h9-10,12,15H,4-8H2,1-3H3,(H,22,23)/t12-,15-/m1/s1. The molecule has 1 aliphatic heterocycles. The van der Waals surface area contributed by atoms with E-state index in [9.17, 15) is 14.4 Å². The summed E-state index contributed by atoms with van der Waals surface area (Å²) in [6.45, 7) is 0.388. The van der Waals surface area contributed by atoms with Gasteiger partial charge in [0.2, 0.25) is 11.8 Å². The van der Waals surface area contributed by atoms with E-state index in [2.05, 4.69) is 5.10 Å². The van der Waals surface area contributed by atoms with Crippen molar-refractivity contribution in [3.8, 4) is 0 Å². The van der Waals surface area contributed by atoms with Crippen LogP contribution in [0.4, 0.5) is 0 Å². The molecule has 0 aliphatic carbocycles. The van der Waals surface area contributed by atoms with E-state index in [4.69, 9.17) is 5.11 Å². The second-order valence-corrected chi connectivity index (χ2v) is 6.30. The number of carboxylic acid groups (broad SMARTS) is 1. The Morgan fingerprint density at radius 3 is 2.71 bits per heavy atom. The van der Waals surface area contributed by atoms with Crippen molar-refractivity contribution < 1.29 is 19.5 Å². The Bertz CT molecular complexity index is 627. The second kappa shape index (κ2) is 7.46. The minimum absolute atomic E-state index is 0.0152. The van der Waals surface area contributed by atoms with E-state index < -0.39 is 5.97 Å². The van der Waals surface area contributed by atoms with Crippen LogP contribution in [0.15, 0.2) is 12.4 Å². The molecular weight excluding hydrogens is 312 g/mol. The average Bonchev–Trinajstić information content (AvgIpc) is 2.94. The van der Waals surface area contributed by atoms with E-state index in [-0.39, 0.29) is 30.2 Å². The molecule has 8 heteroatoms. The van der Waals surface area contributed by atoms with E-state index in [1.54, 1.807) is 41.8 Å². The van der Waals surface area contributed by atoms with Gasteiger partial charge in [-0.25, -0.2) is 0 Å². The van der Waals surface area contributed by atoms with Crippen LogP contribution in [0.2, 0.25) is 0 Å². The number of carboxylic acids is 1. The molecule has 1 aromatic rings. The molecule has 24 heavy (non-hydrogen) atoms. The summed E-state index contributed by atoms with van der Waals surface area (Å²) in [6, 6.07) is -0.339. The lowest BCUT2D eigenvalue weighted by atomic mass is 9.84. The van der Waals surface area contributed by atoms with E-state index >= 15 is 0 Å². The third-order valence-electron chi connectivity index (χ3n) is 4.50. The zero-order valence-electron chi connectivity index (χ0n) is 14.3. The number of aliphatic carboxylic acids is 1. The minimum Gasteiger partial charge on any atom is -0.481 e. The van der Waals surface area contributed by atoms with Gasteiger partial charge in [-0.15, -0.1) is 0 Å². The first-order valence-corrected chi connectivity index (χ1v) is 8.02. The smallest absolute Gasteiger partial charge is 0.303 e. The van der Waals surface area contributed by atoms with E-state index in [0.29, 0.717) is 25.8 Å². The molecule has 0 unspecified atom stereocenters. The molecule has 2 amide bonds. The third kappa shape index (κ3) is 3.93. The first-order chi connectivity index (χ1) is 11.3. The van der Waals surface area contributed by atoms with Crippen LogP contribution in [0, 0.1) is 5.92 Å². The van der Waals surface area contributed by atoms with Crippen LogP contribution in [0.1, 0.15) is 37.3 Å². The number of rotatable bonds is 6. The number of likely N-dealkylation sites (tertiary alicyclic amines) is 1. The zero-order chi connectivity index (χ0) is 17.9. The van der Waals surface area contributed by atoms with Crippen molar-refractivity contribution in [3.05, 3.63) is 18.0 Å². The molecule has 8 nitrogen and oxygen atoms in total. The quantitative estimate of drug-likeness (QED) is 0.823. The van der Waals surface area contributed by atoms with Crippen molar-refractivity contribution in [1.82, 2.24) is 19.6 Å². The molecule has 1 aromatic heterocycles. The molecule has 2 heterocycles. The number of hydrogen-bond acceptors (Lipinski definition) is 4. The van der Waals surface area contributed by atoms with Crippen LogP contribution in [0.3, 0.4) is 0 Å². The average molecular weight is 336 g/mol. The summed E-state index contributed by atoms with van der Waals surface area (Å²) >= 11 is 0. The number of aromatic nitrogens is 2. The summed E-state index contributed by atoms with van der Waals surface area (Å²) in [7, 11) is 5.19. The Hall–Kier alpha value is -2.38. The van der Waals surface area contributed by atoms with Gasteiger partial charge in [0.1, 0.15) is 0 Å². The maximum absolute atomic E-state index is 12.8. The number of piperidine rings is 1. The van der Waals surface area contributed by atoms with Crippen LogP contribution in [0.25, 0.3) is 0 Å². The van der Waals surface area contributed by atoms with Crippen LogP contribution >= 0.6 is 0 Å². The van der Waals surface area contributed by atoms with E-state index in [1.807, 2.05) is 6.20 Å². The molecule has 0 bridgehead atoms. The van der Waals surface area contributed by atoms with Gasteiger partial charge in [-0.1, -0.05) is 0 Å². The Morgan fingerprint density at radius 2 is 2.12 bits per heavy atom. The first-order valence-electron chi connectivity index (χ1n) is 8.02. The summed E-state index contributed by atoms with van der Waals surface area (Å²) in [5.74, 6) is -1.26. The Kier molecular flexibility index (Phi) is 5.58. The molecule has 1 aliphatic rings. The van der Waals surface area contributed by atoms with Gasteiger partial charge in [0, 0.05) is 52.3 Å². The predicted molar refractivity (Wildman–Crippen MR) is 85.9 cm³/mol. The molecule has 2 rings (SSSR count). The molecule has 1 N–H and O–H groups in total. The molecule has 0 aromatic carbocycles. The van der Waals surface area contributed by atoms with Crippen LogP contribution in [0.5, 0.6) is 0 Å². The molecular formula is C16H24N4O4. The predicted octanol–water partition coefficient (Wildman–Crippen LogP) is 0.653. The van der Waals surface area contributed by atoms with E-state index in [1.165, 1.54) is 0 Å². The first kappa shape index (κ1) is 18.0. The number of aryl methyl sites for hydroxylation is 1. The van der Waals surface area contributed by atoms with Crippen molar-refractivity contribution in [3.63, 3.8) is 0 Å². The molecule has 0 spiro atoms. The fourth-order valence-corrected chi connectivity index (χ4v) is 3.21. The Balaban J connectivity index is 2.14. The molecule has 0 saturated carbocycles. The maximum Gasteiger partial charge on any atom is 0.303 e. The van der Waals surface area contributed by atoms with Crippen molar-refractivity contribution in [1.29, 1.82) is 0 Å². The normalized spacial score (nSPS) is 21.0. The van der Waals surface area contributed by atoms with Gasteiger partial charge in [0.25, 0.3) is 0 Å². The van der Waals surface area contributed by atoms with Gasteiger partial charge in [-0.3, -0.25) is 19.1 Å². The fourth-order valence-electron chi connectivity index (χ4n) is 3.21. The van der Waals surface area contributed by atoms with Gasteiger partial charge < -0.3 is 14.9 Å². The van der Waals surface area contributed by atoms with E-state index in [0.717, 1.165) is 5.56 Å². The number of amides is 2. The highest BCUT2D eigenvalue weighted by Crippen LogP contribution is 2.36. The minimum atomic E-state index is -0.868. The monoisotopic (exact) mass is 336 g/mol. The molecule has 0 radical (unpaired) electrons. The van der Waals surface area contributed by atoms with Crippen molar-refractivity contribution in [2.45, 2.75) is 31.7 Å². The summed E-state index contributed by atoms with van der Waals surface area (Å²) in [6.07, 6.45) is 4.79. The second-order valence-electron chi connectivity index (χ2n) is 6.30. The summed E-state index contributed by atoms with van der Waals surface area (Å²) in [5.41, 5.74) is 0.838. The lowest BCUT2D eigenvalue weighted by Gasteiger charge is -2.39. The number of carbonyl (C=O) groups is 3. The highest BCUT2D eigenvalue weighted by Gasteiger charge is 2.40. The van der Waals surface area contributed by atoms with Crippen LogP contribution in [-0.2, 0) is 21.4 Å². The summed E-state index contributed by atoms with van der Waals surface area (Å²) in [4.78, 5) is 38.7. The highest BCUT2D eigenvalue weighted by molar-refractivity contribution is 5.84. The van der Waals surface area contributed by atoms with Gasteiger partial charge >= 0.3 is 5.97 Å². The van der Waals surface area contributed by atoms with Crippen molar-refractivity contribution >= 4 is 17.8 Å². The van der Waals surface area contributed by atoms with Crippen LogP contribution in [-0.4, -0.2) is 63.1 Å². The number of nitrogens with zero attached hydrogens (tertiary/aromatic N) is 4. The van der Waals surface area contributed by atoms with Gasteiger partial charge in [0.15, 0.2) is 0 Å². The van der Waals surface area contributed by atoms with Crippen molar-refractivity contribution in [2.24, 2.45) is 13.0 Å². The summed E-state index contributed by atoms with van der Waals surface area (Å²) in [5, 5.41) is 12.9. The maximum atomic E-state index is 12.8. The lowest BCUT2D eigenvalue weighted by Crippen LogP contribution is -2.46. The largest absolute Gasteiger partial charge is 0.481 e. The summed E-state index contributed by atoms with van der Waals surface area (Å²) < 4.78 is 1.65. The SMILES string of the molecule is CN(CCCC(=O)O)C(=O)[C@@H]1CCC(=O)N(C)[C@@H]1c1cnn(C)c1. The van der Waals surface area contributed by atoms with Gasteiger partial charge in [0.05, 0.1) is 18.2 Å². The fraction of sp³-hybridized carbons (Fsp3) is 0.625. The highest BCUT2D eigenvalue weighted by atomic mass is 16.4. The lowest BCUT2D eigenvalue weighted by molar-refractivity contribution is -0.146. The third-order valence-corrected chi connectivity index (χ3v) is 4.50. The molecule has 132 valence electrons. The molecule has 2 atom stereocenters. The Labute approximate surface area is 141 Å². The Morgan fingerprint density at radius 1 is 1.42 bits per heavy atom. The number of carbonyl (C=O) groups excluding carboxylic acids is 2. The zero-order valence-corrected chi connectivity index (χ0v) is 14.3. The van der Waals surface area contributed by atoms with Crippen molar-refractivity contribution in [2.75, 3.05) is 20.6 Å². The number of hydrogen-bond donors (Lipinski definition) is 1. The molecule has 1 saturated heterocycles. The van der Waals surface area contributed by atoms with Gasteiger partial charge in [-0.2, -0.15) is 5.10 Å². The topological polar surface area (TPSA) is 95.7 Å².